The van der Waals surface area contributed by atoms with E-state index in [4.69, 9.17) is 4.74 Å². The number of amides is 1. The number of ether oxygens (including phenoxy) is 1. The summed E-state index contributed by atoms with van der Waals surface area (Å²) >= 11 is 0. The summed E-state index contributed by atoms with van der Waals surface area (Å²) < 4.78 is 19.9. The molecule has 116 valence electrons. The van der Waals surface area contributed by atoms with Crippen molar-refractivity contribution < 1.29 is 13.9 Å². The van der Waals surface area contributed by atoms with Crippen LogP contribution in [-0.4, -0.2) is 24.4 Å². The lowest BCUT2D eigenvalue weighted by Gasteiger charge is -2.38. The monoisotopic (exact) mass is 303 g/mol. The van der Waals surface area contributed by atoms with E-state index in [1.165, 1.54) is 25.3 Å². The largest absolute Gasteiger partial charge is 0.483 e. The second kappa shape index (κ2) is 4.97. The van der Waals surface area contributed by atoms with E-state index >= 15 is 0 Å². The number of nitrogens with zero attached hydrogens (tertiary/aromatic N) is 2. The third-order valence-electron chi connectivity index (χ3n) is 4.82. The van der Waals surface area contributed by atoms with E-state index in [0.29, 0.717) is 23.1 Å². The van der Waals surface area contributed by atoms with E-state index in [2.05, 4.69) is 10.5 Å². The van der Waals surface area contributed by atoms with E-state index in [9.17, 15) is 9.18 Å². The van der Waals surface area contributed by atoms with Crippen molar-refractivity contribution >= 4 is 17.4 Å². The summed E-state index contributed by atoms with van der Waals surface area (Å²) in [5.74, 6) is 1.32. The molecule has 0 saturated heterocycles. The molecule has 0 aromatic heterocycles. The zero-order valence-corrected chi connectivity index (χ0v) is 12.4. The summed E-state index contributed by atoms with van der Waals surface area (Å²) in [4.78, 5) is 13.7. The van der Waals surface area contributed by atoms with Gasteiger partial charge in [-0.1, -0.05) is 19.3 Å². The van der Waals surface area contributed by atoms with Gasteiger partial charge in [-0.2, -0.15) is 5.10 Å². The molecule has 22 heavy (non-hydrogen) atoms. The molecule has 5 nitrogen and oxygen atoms in total. The van der Waals surface area contributed by atoms with E-state index < -0.39 is 0 Å². The SMILES string of the molecule is C[C@@H]1C(=O)NN=C2COc3cc(F)c(CC4CCC4)cc3N21. The Bertz CT molecular complexity index is 670. The molecule has 1 atom stereocenters. The van der Waals surface area contributed by atoms with Crippen molar-refractivity contribution in [2.75, 3.05) is 11.5 Å². The standard InChI is InChI=1S/C16H18FN3O2/c1-9-16(21)19-18-15-8-22-14-7-12(17)11(5-10-3-2-4-10)6-13(14)20(9)15/h6-7,9-10H,2-5,8H2,1H3,(H,19,21)/t9-/m1/s1. The molecule has 4 rings (SSSR count). The van der Waals surface area contributed by atoms with Crippen LogP contribution < -0.4 is 15.1 Å². The zero-order valence-electron chi connectivity index (χ0n) is 12.4. The van der Waals surface area contributed by atoms with E-state index in [-0.39, 0.29) is 24.4 Å². The van der Waals surface area contributed by atoms with Crippen LogP contribution in [0.4, 0.5) is 10.1 Å². The molecule has 0 unspecified atom stereocenters. The fraction of sp³-hybridized carbons (Fsp3) is 0.500. The number of benzene rings is 1. The third kappa shape index (κ3) is 2.05. The van der Waals surface area contributed by atoms with Crippen LogP contribution in [0.5, 0.6) is 5.75 Å². The van der Waals surface area contributed by atoms with Crippen molar-refractivity contribution in [1.29, 1.82) is 0 Å². The average Bonchev–Trinajstić information content (AvgIpc) is 2.46. The van der Waals surface area contributed by atoms with Crippen molar-refractivity contribution in [3.63, 3.8) is 0 Å². The van der Waals surface area contributed by atoms with Gasteiger partial charge in [-0.3, -0.25) is 4.79 Å². The lowest BCUT2D eigenvalue weighted by atomic mass is 9.81. The molecule has 2 heterocycles. The Hall–Kier alpha value is -2.11. The number of hydrogen-bond acceptors (Lipinski definition) is 4. The summed E-state index contributed by atoms with van der Waals surface area (Å²) in [7, 11) is 0. The fourth-order valence-corrected chi connectivity index (χ4v) is 3.25. The van der Waals surface area contributed by atoms with Crippen molar-refractivity contribution in [3.05, 3.63) is 23.5 Å². The summed E-state index contributed by atoms with van der Waals surface area (Å²) in [5.41, 5.74) is 3.93. The summed E-state index contributed by atoms with van der Waals surface area (Å²) in [5, 5.41) is 4.05. The first-order chi connectivity index (χ1) is 10.6. The van der Waals surface area contributed by atoms with Crippen molar-refractivity contribution in [1.82, 2.24) is 5.43 Å². The summed E-state index contributed by atoms with van der Waals surface area (Å²) in [6.07, 6.45) is 4.32. The molecule has 1 amide bonds. The van der Waals surface area contributed by atoms with Crippen molar-refractivity contribution in [2.45, 2.75) is 38.6 Å². The minimum absolute atomic E-state index is 0.165. The molecule has 1 N–H and O–H groups in total. The molecule has 0 bridgehead atoms. The number of halogens is 1. The van der Waals surface area contributed by atoms with Crippen LogP contribution >= 0.6 is 0 Å². The second-order valence-electron chi connectivity index (χ2n) is 6.25. The maximum absolute atomic E-state index is 14.3. The molecule has 1 saturated carbocycles. The van der Waals surface area contributed by atoms with Gasteiger partial charge < -0.3 is 9.64 Å². The minimum atomic E-state index is -0.378. The van der Waals surface area contributed by atoms with Gasteiger partial charge in [0.25, 0.3) is 5.91 Å². The first kappa shape index (κ1) is 13.5. The molecular weight excluding hydrogens is 285 g/mol. The Labute approximate surface area is 128 Å². The smallest absolute Gasteiger partial charge is 0.262 e. The Morgan fingerprint density at radius 3 is 3.00 bits per heavy atom. The number of hydrazone groups is 1. The van der Waals surface area contributed by atoms with Crippen LogP contribution in [-0.2, 0) is 11.2 Å². The van der Waals surface area contributed by atoms with Gasteiger partial charge in [0.1, 0.15) is 24.2 Å². The third-order valence-corrected chi connectivity index (χ3v) is 4.82. The summed E-state index contributed by atoms with van der Waals surface area (Å²) in [6, 6.07) is 2.89. The summed E-state index contributed by atoms with van der Waals surface area (Å²) in [6.45, 7) is 2.05. The molecular formula is C16H18FN3O2. The molecule has 1 fully saturated rings. The lowest BCUT2D eigenvalue weighted by molar-refractivity contribution is -0.122. The van der Waals surface area contributed by atoms with Gasteiger partial charge >= 0.3 is 0 Å². The average molecular weight is 303 g/mol. The maximum atomic E-state index is 14.3. The number of carbonyl (C=O) groups excluding carboxylic acids is 1. The topological polar surface area (TPSA) is 53.9 Å². The van der Waals surface area contributed by atoms with Crippen LogP contribution in [0, 0.1) is 11.7 Å². The number of anilines is 1. The second-order valence-corrected chi connectivity index (χ2v) is 6.25. The molecule has 2 aliphatic heterocycles. The molecule has 1 aliphatic carbocycles. The van der Waals surface area contributed by atoms with Crippen LogP contribution in [0.3, 0.4) is 0 Å². The molecule has 3 aliphatic rings. The first-order valence-corrected chi connectivity index (χ1v) is 7.74. The van der Waals surface area contributed by atoms with Gasteiger partial charge in [0.15, 0.2) is 5.84 Å². The van der Waals surface area contributed by atoms with E-state index in [1.807, 2.05) is 17.9 Å². The predicted molar refractivity (Wildman–Crippen MR) is 80.5 cm³/mol. The van der Waals surface area contributed by atoms with E-state index in [1.54, 1.807) is 0 Å². The lowest BCUT2D eigenvalue weighted by Crippen LogP contribution is -2.55. The van der Waals surface area contributed by atoms with Crippen LogP contribution in [0.15, 0.2) is 17.2 Å². The van der Waals surface area contributed by atoms with Gasteiger partial charge in [-0.05, 0) is 30.9 Å². The maximum Gasteiger partial charge on any atom is 0.262 e. The van der Waals surface area contributed by atoms with Crippen molar-refractivity contribution in [3.8, 4) is 5.75 Å². The number of nitrogens with one attached hydrogen (secondary N) is 1. The molecule has 1 aromatic rings. The fourth-order valence-electron chi connectivity index (χ4n) is 3.25. The molecule has 6 heteroatoms. The Kier molecular flexibility index (Phi) is 3.06. The number of carbonyl (C=O) groups is 1. The quantitative estimate of drug-likeness (QED) is 0.911. The van der Waals surface area contributed by atoms with Crippen molar-refractivity contribution in [2.24, 2.45) is 11.0 Å². The first-order valence-electron chi connectivity index (χ1n) is 7.74. The zero-order chi connectivity index (χ0) is 15.3. The molecule has 0 spiro atoms. The van der Waals surface area contributed by atoms with Gasteiger partial charge in [0.05, 0.1) is 5.69 Å². The highest BCUT2D eigenvalue weighted by Crippen LogP contribution is 2.39. The highest BCUT2D eigenvalue weighted by atomic mass is 19.1. The molecule has 0 radical (unpaired) electrons. The van der Waals surface area contributed by atoms with Crippen LogP contribution in [0.1, 0.15) is 31.7 Å². The Morgan fingerprint density at radius 1 is 1.45 bits per heavy atom. The van der Waals surface area contributed by atoms with E-state index in [0.717, 1.165) is 12.1 Å². The predicted octanol–water partition coefficient (Wildman–Crippen LogP) is 2.20. The van der Waals surface area contributed by atoms with Crippen LogP contribution in [0.25, 0.3) is 0 Å². The van der Waals surface area contributed by atoms with Gasteiger partial charge in [0.2, 0.25) is 0 Å². The van der Waals surface area contributed by atoms with Gasteiger partial charge in [-0.25, -0.2) is 9.82 Å². The Morgan fingerprint density at radius 2 is 2.27 bits per heavy atom. The highest BCUT2D eigenvalue weighted by molar-refractivity contribution is 6.09. The normalized spacial score (nSPS) is 23.7. The Balaban J connectivity index is 1.74. The van der Waals surface area contributed by atoms with Crippen LogP contribution in [0.2, 0.25) is 0 Å². The van der Waals surface area contributed by atoms with Gasteiger partial charge in [-0.15, -0.1) is 0 Å². The van der Waals surface area contributed by atoms with Gasteiger partial charge in [0, 0.05) is 6.07 Å². The number of rotatable bonds is 2. The number of hydrogen-bond donors (Lipinski definition) is 1. The highest BCUT2D eigenvalue weighted by Gasteiger charge is 2.36. The number of amidine groups is 1. The number of fused-ring (bicyclic) bond motifs is 3. The minimum Gasteiger partial charge on any atom is -0.483 e. The molecule has 1 aromatic carbocycles.